The summed E-state index contributed by atoms with van der Waals surface area (Å²) in [6.45, 7) is 9.51. The summed E-state index contributed by atoms with van der Waals surface area (Å²) in [4.78, 5) is 17.4. The third kappa shape index (κ3) is 6.70. The van der Waals surface area contributed by atoms with Crippen LogP contribution in [0.2, 0.25) is 0 Å². The highest BCUT2D eigenvalue weighted by atomic mass is 16.5. The number of rotatable bonds is 9. The molecule has 1 heterocycles. The van der Waals surface area contributed by atoms with Crippen molar-refractivity contribution in [3.8, 4) is 11.5 Å². The van der Waals surface area contributed by atoms with Crippen molar-refractivity contribution in [1.82, 2.24) is 15.1 Å². The molecule has 0 saturated carbocycles. The summed E-state index contributed by atoms with van der Waals surface area (Å²) in [6.07, 6.45) is 1.44. The first-order valence-electron chi connectivity index (χ1n) is 9.83. The van der Waals surface area contributed by atoms with Crippen LogP contribution in [0.4, 0.5) is 0 Å². The molecular weight excluding hydrogens is 342 g/mol. The van der Waals surface area contributed by atoms with Gasteiger partial charge >= 0.3 is 0 Å². The van der Waals surface area contributed by atoms with Crippen LogP contribution in [0, 0.1) is 5.92 Å². The van der Waals surface area contributed by atoms with Crippen LogP contribution in [-0.4, -0.2) is 75.7 Å². The van der Waals surface area contributed by atoms with Gasteiger partial charge in [0, 0.05) is 38.8 Å². The predicted octanol–water partition coefficient (Wildman–Crippen LogP) is 2.02. The van der Waals surface area contributed by atoms with Crippen LogP contribution in [0.15, 0.2) is 18.2 Å². The summed E-state index contributed by atoms with van der Waals surface area (Å²) in [5.41, 5.74) is 0.921. The number of benzene rings is 1. The van der Waals surface area contributed by atoms with Gasteiger partial charge in [-0.2, -0.15) is 0 Å². The Balaban J connectivity index is 1.91. The number of carbonyl (C=O) groups excluding carboxylic acids is 1. The maximum atomic E-state index is 12.5. The Bertz CT molecular complexity index is 598. The van der Waals surface area contributed by atoms with E-state index in [-0.39, 0.29) is 5.91 Å². The van der Waals surface area contributed by atoms with Crippen molar-refractivity contribution < 1.29 is 14.3 Å². The van der Waals surface area contributed by atoms with Crippen molar-refractivity contribution in [2.75, 3.05) is 54.0 Å². The number of amides is 1. The second-order valence-electron chi connectivity index (χ2n) is 7.79. The number of piperazine rings is 1. The van der Waals surface area contributed by atoms with Gasteiger partial charge < -0.3 is 19.7 Å². The summed E-state index contributed by atoms with van der Waals surface area (Å²) in [6, 6.07) is 6.01. The number of hydrogen-bond donors (Lipinski definition) is 1. The topological polar surface area (TPSA) is 54.0 Å². The maximum absolute atomic E-state index is 12.5. The molecule has 0 aromatic heterocycles. The highest BCUT2D eigenvalue weighted by Crippen LogP contribution is 2.27. The second kappa shape index (κ2) is 10.5. The Morgan fingerprint density at radius 1 is 1.11 bits per heavy atom. The van der Waals surface area contributed by atoms with Crippen molar-refractivity contribution in [2.45, 2.75) is 32.7 Å². The summed E-state index contributed by atoms with van der Waals surface area (Å²) in [7, 11) is 5.38. The molecule has 0 aliphatic carbocycles. The Kier molecular flexibility index (Phi) is 8.38. The Morgan fingerprint density at radius 3 is 2.37 bits per heavy atom. The summed E-state index contributed by atoms with van der Waals surface area (Å²) >= 11 is 0. The molecule has 1 aliphatic heterocycles. The van der Waals surface area contributed by atoms with E-state index >= 15 is 0 Å². The monoisotopic (exact) mass is 377 g/mol. The zero-order valence-electron chi connectivity index (χ0n) is 17.5. The lowest BCUT2D eigenvalue weighted by Crippen LogP contribution is -2.52. The van der Waals surface area contributed by atoms with E-state index < -0.39 is 0 Å². The maximum Gasteiger partial charge on any atom is 0.224 e. The van der Waals surface area contributed by atoms with E-state index in [0.717, 1.165) is 38.2 Å². The van der Waals surface area contributed by atoms with E-state index in [9.17, 15) is 4.79 Å². The molecule has 27 heavy (non-hydrogen) atoms. The molecule has 1 unspecified atom stereocenters. The van der Waals surface area contributed by atoms with Crippen molar-refractivity contribution in [3.05, 3.63) is 23.8 Å². The van der Waals surface area contributed by atoms with Gasteiger partial charge in [-0.05, 0) is 37.1 Å². The largest absolute Gasteiger partial charge is 0.493 e. The van der Waals surface area contributed by atoms with Crippen molar-refractivity contribution in [3.63, 3.8) is 0 Å². The van der Waals surface area contributed by atoms with Crippen molar-refractivity contribution in [1.29, 1.82) is 0 Å². The first kappa shape index (κ1) is 21.5. The number of likely N-dealkylation sites (N-methyl/N-ethyl adjacent to an activating group) is 1. The molecule has 1 saturated heterocycles. The molecule has 1 N–H and O–H groups in total. The molecule has 1 atom stereocenters. The quantitative estimate of drug-likeness (QED) is 0.714. The highest BCUT2D eigenvalue weighted by molar-refractivity contribution is 5.78. The molecule has 1 amide bonds. The Labute approximate surface area is 163 Å². The molecule has 1 fully saturated rings. The molecular formula is C21H35N3O3. The molecule has 152 valence electrons. The fraction of sp³-hybridized carbons (Fsp3) is 0.667. The number of carbonyl (C=O) groups is 1. The lowest BCUT2D eigenvalue weighted by Gasteiger charge is -2.38. The van der Waals surface area contributed by atoms with Gasteiger partial charge in [-0.25, -0.2) is 0 Å². The zero-order valence-corrected chi connectivity index (χ0v) is 17.5. The average molecular weight is 378 g/mol. The lowest BCUT2D eigenvalue weighted by molar-refractivity contribution is -0.120. The molecule has 1 aromatic rings. The molecule has 0 spiro atoms. The van der Waals surface area contributed by atoms with Gasteiger partial charge in [0.15, 0.2) is 11.5 Å². The second-order valence-corrected chi connectivity index (χ2v) is 7.79. The van der Waals surface area contributed by atoms with E-state index in [4.69, 9.17) is 9.47 Å². The first-order chi connectivity index (χ1) is 12.9. The minimum Gasteiger partial charge on any atom is -0.493 e. The third-order valence-electron chi connectivity index (χ3n) is 5.15. The number of nitrogens with one attached hydrogen (secondary N) is 1. The predicted molar refractivity (Wildman–Crippen MR) is 109 cm³/mol. The molecule has 6 nitrogen and oxygen atoms in total. The SMILES string of the molecule is COc1ccc(CC(=O)NCC(CC(C)C)N2CCN(C)CC2)cc1OC. The fourth-order valence-electron chi connectivity index (χ4n) is 3.56. The molecule has 1 aliphatic rings. The highest BCUT2D eigenvalue weighted by Gasteiger charge is 2.23. The van der Waals surface area contributed by atoms with Gasteiger partial charge in [0.2, 0.25) is 5.91 Å². The van der Waals surface area contributed by atoms with Crippen LogP contribution >= 0.6 is 0 Å². The minimum absolute atomic E-state index is 0.0464. The number of hydrogen-bond acceptors (Lipinski definition) is 5. The van der Waals surface area contributed by atoms with Crippen LogP contribution in [0.3, 0.4) is 0 Å². The molecule has 6 heteroatoms. The fourth-order valence-corrected chi connectivity index (χ4v) is 3.56. The first-order valence-corrected chi connectivity index (χ1v) is 9.83. The smallest absolute Gasteiger partial charge is 0.224 e. The molecule has 0 radical (unpaired) electrons. The number of ether oxygens (including phenoxy) is 2. The summed E-state index contributed by atoms with van der Waals surface area (Å²) in [5.74, 6) is 1.98. The molecule has 1 aromatic carbocycles. The zero-order chi connectivity index (χ0) is 19.8. The number of methoxy groups -OCH3 is 2. The van der Waals surface area contributed by atoms with Crippen molar-refractivity contribution >= 4 is 5.91 Å². The summed E-state index contributed by atoms with van der Waals surface area (Å²) in [5, 5.41) is 3.14. The Hall–Kier alpha value is -1.79. The van der Waals surface area contributed by atoms with E-state index in [1.165, 1.54) is 0 Å². The minimum atomic E-state index is 0.0464. The van der Waals surface area contributed by atoms with Crippen LogP contribution in [0.25, 0.3) is 0 Å². The van der Waals surface area contributed by atoms with Gasteiger partial charge in [-0.15, -0.1) is 0 Å². The molecule has 0 bridgehead atoms. The van der Waals surface area contributed by atoms with Crippen LogP contribution in [-0.2, 0) is 11.2 Å². The van der Waals surface area contributed by atoms with Crippen LogP contribution in [0.5, 0.6) is 11.5 Å². The average Bonchev–Trinajstić information content (AvgIpc) is 2.65. The van der Waals surface area contributed by atoms with Gasteiger partial charge in [0.05, 0.1) is 20.6 Å². The van der Waals surface area contributed by atoms with Crippen LogP contribution in [0.1, 0.15) is 25.8 Å². The Morgan fingerprint density at radius 2 is 1.78 bits per heavy atom. The van der Waals surface area contributed by atoms with E-state index in [0.29, 0.717) is 36.4 Å². The normalized spacial score (nSPS) is 17.0. The van der Waals surface area contributed by atoms with Gasteiger partial charge in [-0.1, -0.05) is 19.9 Å². The van der Waals surface area contributed by atoms with E-state index in [2.05, 4.69) is 36.0 Å². The van der Waals surface area contributed by atoms with Gasteiger partial charge in [0.1, 0.15) is 0 Å². The number of nitrogens with zero attached hydrogens (tertiary/aromatic N) is 2. The van der Waals surface area contributed by atoms with Crippen LogP contribution < -0.4 is 14.8 Å². The summed E-state index contributed by atoms with van der Waals surface area (Å²) < 4.78 is 10.6. The van der Waals surface area contributed by atoms with Gasteiger partial charge in [-0.3, -0.25) is 9.69 Å². The van der Waals surface area contributed by atoms with E-state index in [1.54, 1.807) is 14.2 Å². The molecule has 2 rings (SSSR count). The van der Waals surface area contributed by atoms with E-state index in [1.807, 2.05) is 18.2 Å². The standard InChI is InChI=1S/C21H35N3O3/c1-16(2)12-18(24-10-8-23(3)9-11-24)15-22-21(25)14-17-6-7-19(26-4)20(13-17)27-5/h6-7,13,16,18H,8-12,14-15H2,1-5H3,(H,22,25). The third-order valence-corrected chi connectivity index (χ3v) is 5.15. The van der Waals surface area contributed by atoms with Crippen molar-refractivity contribution in [2.24, 2.45) is 5.92 Å². The lowest BCUT2D eigenvalue weighted by atomic mass is 10.0. The van der Waals surface area contributed by atoms with Gasteiger partial charge in [0.25, 0.3) is 0 Å².